The van der Waals surface area contributed by atoms with Crippen LogP contribution in [0.5, 0.6) is 0 Å². The molecule has 3 heteroatoms. The van der Waals surface area contributed by atoms with Crippen LogP contribution in [-0.4, -0.2) is 18.8 Å². The van der Waals surface area contributed by atoms with E-state index in [-0.39, 0.29) is 6.04 Å². The molecule has 0 radical (unpaired) electrons. The van der Waals surface area contributed by atoms with E-state index in [0.717, 1.165) is 17.9 Å². The van der Waals surface area contributed by atoms with Crippen LogP contribution in [-0.2, 0) is 4.74 Å². The molecule has 2 saturated heterocycles. The second-order valence-corrected chi connectivity index (χ2v) is 6.00. The molecule has 0 saturated carbocycles. The summed E-state index contributed by atoms with van der Waals surface area (Å²) >= 11 is 0. The van der Waals surface area contributed by atoms with E-state index in [9.17, 15) is 0 Å². The molecular weight excluding hydrogens is 250 g/mol. The Bertz CT molecular complexity index is 573. The fraction of sp³-hybridized carbons (Fsp3) is 0.529. The molecule has 106 valence electrons. The van der Waals surface area contributed by atoms with E-state index in [4.69, 9.17) is 9.15 Å². The molecule has 3 heterocycles. The number of hydrogen-bond acceptors (Lipinski definition) is 3. The first-order valence-corrected chi connectivity index (χ1v) is 7.72. The third-order valence-electron chi connectivity index (χ3n) is 4.76. The van der Waals surface area contributed by atoms with Crippen LogP contribution >= 0.6 is 0 Å². The molecule has 1 aromatic carbocycles. The second-order valence-electron chi connectivity index (χ2n) is 6.00. The molecule has 20 heavy (non-hydrogen) atoms. The van der Waals surface area contributed by atoms with Crippen LogP contribution in [0.15, 0.2) is 34.7 Å². The molecular formula is C17H21NO2. The molecule has 1 aromatic heterocycles. The van der Waals surface area contributed by atoms with Crippen LogP contribution < -0.4 is 5.32 Å². The summed E-state index contributed by atoms with van der Waals surface area (Å²) in [5, 5.41) is 4.80. The number of ether oxygens (including phenoxy) is 1. The van der Waals surface area contributed by atoms with Gasteiger partial charge in [-0.25, -0.2) is 0 Å². The minimum absolute atomic E-state index is 0.280. The fourth-order valence-corrected chi connectivity index (χ4v) is 3.87. The van der Waals surface area contributed by atoms with Gasteiger partial charge in [0.2, 0.25) is 0 Å². The van der Waals surface area contributed by atoms with Crippen molar-refractivity contribution in [3.05, 3.63) is 36.1 Å². The van der Waals surface area contributed by atoms with E-state index < -0.39 is 0 Å². The summed E-state index contributed by atoms with van der Waals surface area (Å²) < 4.78 is 12.1. The Morgan fingerprint density at radius 3 is 2.90 bits per heavy atom. The maximum atomic E-state index is 6.08. The Morgan fingerprint density at radius 2 is 2.20 bits per heavy atom. The van der Waals surface area contributed by atoms with E-state index in [1.54, 1.807) is 0 Å². The number of furan rings is 1. The summed E-state index contributed by atoms with van der Waals surface area (Å²) in [6, 6.07) is 10.7. The van der Waals surface area contributed by atoms with Crippen LogP contribution in [0.4, 0.5) is 0 Å². The zero-order valence-electron chi connectivity index (χ0n) is 11.8. The molecule has 2 aliphatic heterocycles. The van der Waals surface area contributed by atoms with Crippen molar-refractivity contribution < 1.29 is 9.15 Å². The van der Waals surface area contributed by atoms with Gasteiger partial charge in [-0.1, -0.05) is 25.1 Å². The number of nitrogens with one attached hydrogen (secondary N) is 1. The predicted molar refractivity (Wildman–Crippen MR) is 78.6 cm³/mol. The summed E-state index contributed by atoms with van der Waals surface area (Å²) in [4.78, 5) is 0. The standard InChI is InChI=1S/C17H21NO2/c1-2-18-17(13-10-12-7-8-15(13)19-12)16-9-11-5-3-4-6-14(11)20-16/h3-6,9,12-13,15,17-18H,2,7-8,10H2,1H3. The van der Waals surface area contributed by atoms with E-state index in [1.165, 1.54) is 24.6 Å². The normalized spacial score (nSPS) is 30.1. The van der Waals surface area contributed by atoms with Gasteiger partial charge in [0.15, 0.2) is 0 Å². The number of hydrogen-bond donors (Lipinski definition) is 1. The van der Waals surface area contributed by atoms with Gasteiger partial charge in [0, 0.05) is 11.3 Å². The third kappa shape index (κ3) is 1.97. The third-order valence-corrected chi connectivity index (χ3v) is 4.76. The van der Waals surface area contributed by atoms with E-state index in [0.29, 0.717) is 18.1 Å². The minimum Gasteiger partial charge on any atom is -0.459 e. The largest absolute Gasteiger partial charge is 0.459 e. The van der Waals surface area contributed by atoms with E-state index in [2.05, 4.69) is 30.4 Å². The molecule has 0 spiro atoms. The van der Waals surface area contributed by atoms with Crippen molar-refractivity contribution in [1.29, 1.82) is 0 Å². The van der Waals surface area contributed by atoms with E-state index in [1.807, 2.05) is 12.1 Å². The lowest BCUT2D eigenvalue weighted by molar-refractivity contribution is 0.0840. The van der Waals surface area contributed by atoms with Crippen molar-refractivity contribution >= 4 is 11.0 Å². The van der Waals surface area contributed by atoms with Crippen molar-refractivity contribution in [2.75, 3.05) is 6.54 Å². The van der Waals surface area contributed by atoms with Gasteiger partial charge in [-0.2, -0.15) is 0 Å². The zero-order valence-corrected chi connectivity index (χ0v) is 11.8. The van der Waals surface area contributed by atoms with E-state index >= 15 is 0 Å². The summed E-state index contributed by atoms with van der Waals surface area (Å²) in [5.41, 5.74) is 0.981. The topological polar surface area (TPSA) is 34.4 Å². The molecule has 3 nitrogen and oxygen atoms in total. The maximum Gasteiger partial charge on any atom is 0.134 e. The summed E-state index contributed by atoms with van der Waals surface area (Å²) in [6.45, 7) is 3.11. The Hall–Kier alpha value is -1.32. The van der Waals surface area contributed by atoms with Crippen LogP contribution in [0.2, 0.25) is 0 Å². The molecule has 2 aromatic rings. The van der Waals surface area contributed by atoms with Crippen molar-refractivity contribution in [3.8, 4) is 0 Å². The average Bonchev–Trinajstić information content (AvgIpc) is 3.18. The Kier molecular flexibility index (Phi) is 3.04. The van der Waals surface area contributed by atoms with Gasteiger partial charge in [-0.05, 0) is 37.9 Å². The number of para-hydroxylation sites is 1. The van der Waals surface area contributed by atoms with Crippen molar-refractivity contribution in [2.24, 2.45) is 5.92 Å². The molecule has 1 N–H and O–H groups in total. The highest BCUT2D eigenvalue weighted by Gasteiger charge is 2.45. The summed E-state index contributed by atoms with van der Waals surface area (Å²) in [6.07, 6.45) is 4.50. The molecule has 2 fully saturated rings. The molecule has 4 unspecified atom stereocenters. The highest BCUT2D eigenvalue weighted by molar-refractivity contribution is 5.77. The molecule has 4 atom stereocenters. The zero-order chi connectivity index (χ0) is 13.5. The first-order chi connectivity index (χ1) is 9.85. The first kappa shape index (κ1) is 12.4. The van der Waals surface area contributed by atoms with Crippen LogP contribution in [0.25, 0.3) is 11.0 Å². The molecule has 2 aliphatic rings. The molecule has 4 rings (SSSR count). The van der Waals surface area contributed by atoms with Gasteiger partial charge >= 0.3 is 0 Å². The van der Waals surface area contributed by atoms with Crippen LogP contribution in [0, 0.1) is 5.92 Å². The van der Waals surface area contributed by atoms with Crippen molar-refractivity contribution in [1.82, 2.24) is 5.32 Å². The lowest BCUT2D eigenvalue weighted by atomic mass is 9.83. The Balaban J connectivity index is 1.67. The number of benzene rings is 1. The van der Waals surface area contributed by atoms with Gasteiger partial charge in [0.25, 0.3) is 0 Å². The molecule has 0 aliphatic carbocycles. The van der Waals surface area contributed by atoms with Gasteiger partial charge in [-0.3, -0.25) is 0 Å². The SMILES string of the molecule is CCNC(c1cc2ccccc2o1)C1CC2CCC1O2. The number of rotatable bonds is 4. The first-order valence-electron chi connectivity index (χ1n) is 7.72. The highest BCUT2D eigenvalue weighted by Crippen LogP contribution is 2.45. The summed E-state index contributed by atoms with van der Waals surface area (Å²) in [7, 11) is 0. The van der Waals surface area contributed by atoms with Crippen LogP contribution in [0.3, 0.4) is 0 Å². The predicted octanol–water partition coefficient (Wildman–Crippen LogP) is 3.65. The van der Waals surface area contributed by atoms with Crippen molar-refractivity contribution in [2.45, 2.75) is 44.4 Å². The maximum absolute atomic E-state index is 6.08. The van der Waals surface area contributed by atoms with Gasteiger partial charge < -0.3 is 14.5 Å². The van der Waals surface area contributed by atoms with Gasteiger partial charge in [0.1, 0.15) is 11.3 Å². The molecule has 0 amide bonds. The van der Waals surface area contributed by atoms with Gasteiger partial charge in [0.05, 0.1) is 18.2 Å². The van der Waals surface area contributed by atoms with Crippen molar-refractivity contribution in [3.63, 3.8) is 0 Å². The quantitative estimate of drug-likeness (QED) is 0.921. The fourth-order valence-electron chi connectivity index (χ4n) is 3.87. The highest BCUT2D eigenvalue weighted by atomic mass is 16.5. The minimum atomic E-state index is 0.280. The smallest absolute Gasteiger partial charge is 0.134 e. The number of fused-ring (bicyclic) bond motifs is 3. The van der Waals surface area contributed by atoms with Crippen LogP contribution in [0.1, 0.15) is 38.0 Å². The summed E-state index contributed by atoms with van der Waals surface area (Å²) in [5.74, 6) is 1.61. The Labute approximate surface area is 119 Å². The lowest BCUT2D eigenvalue weighted by Crippen LogP contribution is -2.33. The monoisotopic (exact) mass is 271 g/mol. The Morgan fingerprint density at radius 1 is 1.30 bits per heavy atom. The lowest BCUT2D eigenvalue weighted by Gasteiger charge is -2.27. The average molecular weight is 271 g/mol. The molecule has 2 bridgehead atoms. The second kappa shape index (κ2) is 4.90. The van der Waals surface area contributed by atoms with Gasteiger partial charge in [-0.15, -0.1) is 0 Å².